The predicted octanol–water partition coefficient (Wildman–Crippen LogP) is 3.82. The molecule has 2 aromatic carbocycles. The summed E-state index contributed by atoms with van der Waals surface area (Å²) in [6.07, 6.45) is 3.82. The summed E-state index contributed by atoms with van der Waals surface area (Å²) in [5, 5.41) is 5.93. The van der Waals surface area contributed by atoms with Crippen LogP contribution in [0.5, 0.6) is 0 Å². The number of aryl methyl sites for hydroxylation is 1. The highest BCUT2D eigenvalue weighted by Crippen LogP contribution is 2.19. The predicted molar refractivity (Wildman–Crippen MR) is 107 cm³/mol. The summed E-state index contributed by atoms with van der Waals surface area (Å²) in [6, 6.07) is 14.3. The number of hydrogen-bond acceptors (Lipinski definition) is 6. The van der Waals surface area contributed by atoms with Crippen LogP contribution in [0.15, 0.2) is 60.9 Å². The smallest absolute Gasteiger partial charge is 0.337 e. The molecular formula is C21H20N4O3. The number of rotatable bonds is 6. The Morgan fingerprint density at radius 3 is 2.39 bits per heavy atom. The van der Waals surface area contributed by atoms with Crippen LogP contribution in [0.25, 0.3) is 0 Å². The summed E-state index contributed by atoms with van der Waals surface area (Å²) in [5.74, 6) is -0.268. The molecule has 0 unspecified atom stereocenters. The molecule has 0 aliphatic carbocycles. The number of amides is 1. The van der Waals surface area contributed by atoms with Crippen molar-refractivity contribution in [1.82, 2.24) is 9.97 Å². The van der Waals surface area contributed by atoms with Crippen molar-refractivity contribution in [3.8, 4) is 0 Å². The minimum absolute atomic E-state index is 0.186. The zero-order valence-corrected chi connectivity index (χ0v) is 15.6. The largest absolute Gasteiger partial charge is 0.465 e. The maximum atomic E-state index is 12.3. The molecule has 3 aromatic rings. The highest BCUT2D eigenvalue weighted by Gasteiger charge is 2.10. The number of anilines is 3. The van der Waals surface area contributed by atoms with E-state index >= 15 is 0 Å². The van der Waals surface area contributed by atoms with Crippen molar-refractivity contribution < 1.29 is 14.3 Å². The summed E-state index contributed by atoms with van der Waals surface area (Å²) >= 11 is 0. The van der Waals surface area contributed by atoms with Crippen LogP contribution in [0.2, 0.25) is 0 Å². The molecule has 0 saturated heterocycles. The van der Waals surface area contributed by atoms with Gasteiger partial charge in [-0.3, -0.25) is 4.79 Å². The third-order valence-corrected chi connectivity index (χ3v) is 4.11. The fourth-order valence-corrected chi connectivity index (χ4v) is 2.60. The zero-order chi connectivity index (χ0) is 19.9. The highest BCUT2D eigenvalue weighted by atomic mass is 16.5. The molecule has 1 heterocycles. The molecule has 3 rings (SSSR count). The van der Waals surface area contributed by atoms with Crippen molar-refractivity contribution in [2.75, 3.05) is 17.7 Å². The molecule has 0 aliphatic heterocycles. The summed E-state index contributed by atoms with van der Waals surface area (Å²) in [5.41, 5.74) is 3.26. The number of hydrogen-bond donors (Lipinski definition) is 2. The monoisotopic (exact) mass is 376 g/mol. The molecule has 0 fully saturated rings. The molecule has 0 atom stereocenters. The second kappa shape index (κ2) is 8.77. The summed E-state index contributed by atoms with van der Waals surface area (Å²) < 4.78 is 4.64. The first-order valence-electron chi connectivity index (χ1n) is 8.77. The van der Waals surface area contributed by atoms with Gasteiger partial charge in [-0.05, 0) is 42.3 Å². The van der Waals surface area contributed by atoms with Gasteiger partial charge in [0.2, 0.25) is 0 Å². The molecule has 7 heteroatoms. The Morgan fingerprint density at radius 1 is 1.00 bits per heavy atom. The Kier molecular flexibility index (Phi) is 5.96. The number of benzene rings is 2. The number of esters is 1. The SMILES string of the molecule is CCc1ccccc1Nc1cnc(C(=O)Nc2ccc(C(=O)OC)cc2)cn1. The average Bonchev–Trinajstić information content (AvgIpc) is 2.74. The maximum Gasteiger partial charge on any atom is 0.337 e. The van der Waals surface area contributed by atoms with Crippen LogP contribution in [-0.4, -0.2) is 29.0 Å². The normalized spacial score (nSPS) is 10.2. The Balaban J connectivity index is 1.66. The van der Waals surface area contributed by atoms with Crippen molar-refractivity contribution in [3.05, 3.63) is 77.7 Å². The lowest BCUT2D eigenvalue weighted by Crippen LogP contribution is -2.14. The molecule has 2 N–H and O–H groups in total. The third-order valence-electron chi connectivity index (χ3n) is 4.11. The molecule has 142 valence electrons. The number of para-hydroxylation sites is 1. The van der Waals surface area contributed by atoms with E-state index in [4.69, 9.17) is 0 Å². The van der Waals surface area contributed by atoms with E-state index in [0.717, 1.165) is 12.1 Å². The van der Waals surface area contributed by atoms with Crippen LogP contribution in [-0.2, 0) is 11.2 Å². The second-order valence-electron chi connectivity index (χ2n) is 5.95. The maximum absolute atomic E-state index is 12.3. The number of nitrogens with one attached hydrogen (secondary N) is 2. The van der Waals surface area contributed by atoms with Crippen LogP contribution in [0.4, 0.5) is 17.2 Å². The van der Waals surface area contributed by atoms with E-state index in [0.29, 0.717) is 17.1 Å². The number of nitrogens with zero attached hydrogens (tertiary/aromatic N) is 2. The van der Waals surface area contributed by atoms with Crippen LogP contribution < -0.4 is 10.6 Å². The molecule has 0 saturated carbocycles. The van der Waals surface area contributed by atoms with Gasteiger partial charge in [-0.25, -0.2) is 14.8 Å². The molecule has 7 nitrogen and oxygen atoms in total. The standard InChI is InChI=1S/C21H20N4O3/c1-3-14-6-4-5-7-17(14)25-19-13-22-18(12-23-19)20(26)24-16-10-8-15(9-11-16)21(27)28-2/h4-13H,3H2,1-2H3,(H,23,25)(H,24,26). The van der Waals surface area contributed by atoms with Gasteiger partial charge in [0.25, 0.3) is 5.91 Å². The van der Waals surface area contributed by atoms with Gasteiger partial charge >= 0.3 is 5.97 Å². The molecular weight excluding hydrogens is 356 g/mol. The zero-order valence-electron chi connectivity index (χ0n) is 15.6. The van der Waals surface area contributed by atoms with Gasteiger partial charge in [-0.2, -0.15) is 0 Å². The molecule has 0 bridgehead atoms. The van der Waals surface area contributed by atoms with Crippen molar-refractivity contribution in [1.29, 1.82) is 0 Å². The van der Waals surface area contributed by atoms with Crippen molar-refractivity contribution >= 4 is 29.1 Å². The van der Waals surface area contributed by atoms with Crippen LogP contribution >= 0.6 is 0 Å². The number of ether oxygens (including phenoxy) is 1. The first kappa shape index (κ1) is 19.0. The van der Waals surface area contributed by atoms with Crippen molar-refractivity contribution in [3.63, 3.8) is 0 Å². The van der Waals surface area contributed by atoms with Crippen LogP contribution in [0, 0.1) is 0 Å². The first-order chi connectivity index (χ1) is 13.6. The van der Waals surface area contributed by atoms with Crippen LogP contribution in [0.3, 0.4) is 0 Å². The van der Waals surface area contributed by atoms with Gasteiger partial charge in [-0.1, -0.05) is 25.1 Å². The van der Waals surface area contributed by atoms with E-state index in [1.54, 1.807) is 24.3 Å². The van der Waals surface area contributed by atoms with Crippen molar-refractivity contribution in [2.45, 2.75) is 13.3 Å². The second-order valence-corrected chi connectivity index (χ2v) is 5.95. The topological polar surface area (TPSA) is 93.2 Å². The summed E-state index contributed by atoms with van der Waals surface area (Å²) in [6.45, 7) is 2.08. The summed E-state index contributed by atoms with van der Waals surface area (Å²) in [7, 11) is 1.32. The van der Waals surface area contributed by atoms with Crippen molar-refractivity contribution in [2.24, 2.45) is 0 Å². The van der Waals surface area contributed by atoms with E-state index in [1.165, 1.54) is 25.1 Å². The number of aromatic nitrogens is 2. The van der Waals surface area contributed by atoms with E-state index in [1.807, 2.05) is 24.3 Å². The van der Waals surface area contributed by atoms with Gasteiger partial charge in [-0.15, -0.1) is 0 Å². The van der Waals surface area contributed by atoms with E-state index in [2.05, 4.69) is 32.3 Å². The van der Waals surface area contributed by atoms with Gasteiger partial charge in [0.1, 0.15) is 11.5 Å². The van der Waals surface area contributed by atoms with E-state index in [9.17, 15) is 9.59 Å². The van der Waals surface area contributed by atoms with Gasteiger partial charge in [0.15, 0.2) is 0 Å². The van der Waals surface area contributed by atoms with Crippen LogP contribution in [0.1, 0.15) is 33.3 Å². The molecule has 28 heavy (non-hydrogen) atoms. The minimum Gasteiger partial charge on any atom is -0.465 e. The average molecular weight is 376 g/mol. The lowest BCUT2D eigenvalue weighted by atomic mass is 10.1. The molecule has 1 amide bonds. The minimum atomic E-state index is -0.434. The summed E-state index contributed by atoms with van der Waals surface area (Å²) in [4.78, 5) is 32.2. The Bertz CT molecular complexity index is 970. The Labute approximate surface area is 162 Å². The number of carbonyl (C=O) groups excluding carboxylic acids is 2. The quantitative estimate of drug-likeness (QED) is 0.635. The Morgan fingerprint density at radius 2 is 1.75 bits per heavy atom. The first-order valence-corrected chi connectivity index (χ1v) is 8.77. The number of carbonyl (C=O) groups is 2. The Hall–Kier alpha value is -3.74. The molecule has 0 spiro atoms. The van der Waals surface area contributed by atoms with Gasteiger partial charge < -0.3 is 15.4 Å². The van der Waals surface area contributed by atoms with Gasteiger partial charge in [0.05, 0.1) is 25.1 Å². The number of methoxy groups -OCH3 is 1. The highest BCUT2D eigenvalue weighted by molar-refractivity contribution is 6.03. The van der Waals surface area contributed by atoms with E-state index < -0.39 is 5.97 Å². The van der Waals surface area contributed by atoms with Gasteiger partial charge in [0, 0.05) is 11.4 Å². The molecule has 1 aromatic heterocycles. The third kappa shape index (κ3) is 4.50. The van der Waals surface area contributed by atoms with E-state index in [-0.39, 0.29) is 11.6 Å². The molecule has 0 aliphatic rings. The molecule has 0 radical (unpaired) electrons. The fraction of sp³-hybridized carbons (Fsp3) is 0.143. The fourth-order valence-electron chi connectivity index (χ4n) is 2.60. The lowest BCUT2D eigenvalue weighted by Gasteiger charge is -2.10. The lowest BCUT2D eigenvalue weighted by molar-refractivity contribution is 0.0600.